The molecule has 0 unspecified atom stereocenters. The van der Waals surface area contributed by atoms with Gasteiger partial charge in [-0.3, -0.25) is 4.79 Å². The number of Topliss-reactive ketones (excluding diaryl/α,β-unsaturated/α-hetero) is 1. The van der Waals surface area contributed by atoms with Crippen LogP contribution in [0, 0.1) is 0 Å². The van der Waals surface area contributed by atoms with E-state index in [9.17, 15) is 4.79 Å². The molecule has 0 saturated carbocycles. The number of para-hydroxylation sites is 1. The van der Waals surface area contributed by atoms with Gasteiger partial charge in [0, 0.05) is 0 Å². The zero-order chi connectivity index (χ0) is 14.4. The summed E-state index contributed by atoms with van der Waals surface area (Å²) in [5, 5.41) is 0. The van der Waals surface area contributed by atoms with Gasteiger partial charge in [-0.05, 0) is 12.1 Å². The summed E-state index contributed by atoms with van der Waals surface area (Å²) in [4.78, 5) is 20.0. The maximum absolute atomic E-state index is 12.0. The van der Waals surface area contributed by atoms with Crippen LogP contribution in [0.5, 0.6) is 17.5 Å². The fourth-order valence-corrected chi connectivity index (χ4v) is 1.52. The summed E-state index contributed by atoms with van der Waals surface area (Å²) in [6.07, 6.45) is 1.36. The van der Waals surface area contributed by atoms with Crippen molar-refractivity contribution in [3.63, 3.8) is 0 Å². The summed E-state index contributed by atoms with van der Waals surface area (Å²) < 4.78 is 15.3. The van der Waals surface area contributed by atoms with E-state index in [2.05, 4.69) is 9.97 Å². The standard InChI is InChI=1S/C14H14N2O4/c1-18-12-8-15-13(14(16-12)19-2)11(17)9-20-10-6-4-3-5-7-10/h3-8H,9H2,1-2H3. The van der Waals surface area contributed by atoms with Gasteiger partial charge >= 0.3 is 0 Å². The van der Waals surface area contributed by atoms with Crippen molar-refractivity contribution in [2.75, 3.05) is 20.8 Å². The molecule has 104 valence electrons. The molecule has 0 saturated heterocycles. The van der Waals surface area contributed by atoms with Gasteiger partial charge in [-0.1, -0.05) is 18.2 Å². The molecule has 0 bridgehead atoms. The van der Waals surface area contributed by atoms with Crippen molar-refractivity contribution in [1.29, 1.82) is 0 Å². The average Bonchev–Trinajstić information content (AvgIpc) is 2.52. The minimum Gasteiger partial charge on any atom is -0.485 e. The molecule has 6 nitrogen and oxygen atoms in total. The van der Waals surface area contributed by atoms with Crippen molar-refractivity contribution in [2.45, 2.75) is 0 Å². The van der Waals surface area contributed by atoms with Crippen molar-refractivity contribution in [3.8, 4) is 17.5 Å². The van der Waals surface area contributed by atoms with Crippen LogP contribution in [0.4, 0.5) is 0 Å². The number of aromatic nitrogens is 2. The monoisotopic (exact) mass is 274 g/mol. The Morgan fingerprint density at radius 3 is 2.55 bits per heavy atom. The zero-order valence-electron chi connectivity index (χ0n) is 11.2. The molecule has 1 aromatic heterocycles. The fourth-order valence-electron chi connectivity index (χ4n) is 1.52. The second kappa shape index (κ2) is 6.51. The predicted molar refractivity (Wildman–Crippen MR) is 71.4 cm³/mol. The van der Waals surface area contributed by atoms with Crippen molar-refractivity contribution in [1.82, 2.24) is 9.97 Å². The number of hydrogen-bond donors (Lipinski definition) is 0. The minimum atomic E-state index is -0.319. The largest absolute Gasteiger partial charge is 0.485 e. The number of carbonyl (C=O) groups excluding carboxylic acids is 1. The minimum absolute atomic E-state index is 0.115. The van der Waals surface area contributed by atoms with E-state index in [-0.39, 0.29) is 29.8 Å². The Kier molecular flexibility index (Phi) is 4.49. The highest BCUT2D eigenvalue weighted by Gasteiger charge is 2.17. The van der Waals surface area contributed by atoms with Crippen LogP contribution in [0.3, 0.4) is 0 Å². The van der Waals surface area contributed by atoms with Crippen LogP contribution in [0.2, 0.25) is 0 Å². The fraction of sp³-hybridized carbons (Fsp3) is 0.214. The van der Waals surface area contributed by atoms with E-state index in [1.54, 1.807) is 12.1 Å². The number of hydrogen-bond acceptors (Lipinski definition) is 6. The zero-order valence-corrected chi connectivity index (χ0v) is 11.2. The molecule has 20 heavy (non-hydrogen) atoms. The molecule has 0 atom stereocenters. The lowest BCUT2D eigenvalue weighted by Gasteiger charge is -2.08. The van der Waals surface area contributed by atoms with E-state index in [1.807, 2.05) is 18.2 Å². The Morgan fingerprint density at radius 1 is 1.15 bits per heavy atom. The molecular weight excluding hydrogens is 260 g/mol. The first kappa shape index (κ1) is 13.8. The lowest BCUT2D eigenvalue weighted by Crippen LogP contribution is -2.15. The molecule has 1 heterocycles. The Morgan fingerprint density at radius 2 is 1.90 bits per heavy atom. The lowest BCUT2D eigenvalue weighted by atomic mass is 10.3. The number of ether oxygens (including phenoxy) is 3. The average molecular weight is 274 g/mol. The van der Waals surface area contributed by atoms with Crippen LogP contribution in [0.1, 0.15) is 10.5 Å². The Hall–Kier alpha value is -2.63. The molecule has 0 aliphatic heterocycles. The normalized spacial score (nSPS) is 9.90. The smallest absolute Gasteiger partial charge is 0.246 e. The Bertz CT molecular complexity index is 587. The number of carbonyl (C=O) groups is 1. The molecule has 0 aliphatic rings. The van der Waals surface area contributed by atoms with Gasteiger partial charge in [-0.2, -0.15) is 4.98 Å². The molecule has 2 aromatic rings. The highest BCUT2D eigenvalue weighted by Crippen LogP contribution is 2.18. The second-order valence-electron chi connectivity index (χ2n) is 3.80. The molecule has 0 N–H and O–H groups in total. The van der Waals surface area contributed by atoms with Gasteiger partial charge in [0.2, 0.25) is 17.5 Å². The SMILES string of the molecule is COc1cnc(C(=O)COc2ccccc2)c(OC)n1. The van der Waals surface area contributed by atoms with Crippen LogP contribution in [0.25, 0.3) is 0 Å². The molecule has 2 rings (SSSR count). The lowest BCUT2D eigenvalue weighted by molar-refractivity contribution is 0.0912. The van der Waals surface area contributed by atoms with Crippen molar-refractivity contribution in [3.05, 3.63) is 42.2 Å². The topological polar surface area (TPSA) is 70.5 Å². The summed E-state index contributed by atoms with van der Waals surface area (Å²) in [7, 11) is 2.88. The van der Waals surface area contributed by atoms with Crippen molar-refractivity contribution < 1.29 is 19.0 Å². The third kappa shape index (κ3) is 3.23. The summed E-state index contributed by atoms with van der Waals surface area (Å²) in [5.74, 6) is 0.690. The molecule has 0 spiro atoms. The van der Waals surface area contributed by atoms with Crippen LogP contribution in [-0.4, -0.2) is 36.6 Å². The second-order valence-corrected chi connectivity index (χ2v) is 3.80. The number of benzene rings is 1. The Labute approximate surface area is 116 Å². The van der Waals surface area contributed by atoms with Crippen molar-refractivity contribution >= 4 is 5.78 Å². The number of nitrogens with zero attached hydrogens (tertiary/aromatic N) is 2. The summed E-state index contributed by atoms with van der Waals surface area (Å²) in [6, 6.07) is 9.06. The van der Waals surface area contributed by atoms with Gasteiger partial charge in [0.15, 0.2) is 12.3 Å². The molecule has 0 fully saturated rings. The van der Waals surface area contributed by atoms with E-state index >= 15 is 0 Å². The van der Waals surface area contributed by atoms with Crippen LogP contribution < -0.4 is 14.2 Å². The Balaban J connectivity index is 2.09. The number of methoxy groups -OCH3 is 2. The first-order valence-electron chi connectivity index (χ1n) is 5.90. The molecule has 1 aromatic carbocycles. The molecule has 0 amide bonds. The molecule has 6 heteroatoms. The van der Waals surface area contributed by atoms with E-state index in [0.717, 1.165) is 0 Å². The number of rotatable bonds is 6. The maximum Gasteiger partial charge on any atom is 0.246 e. The summed E-state index contributed by atoms with van der Waals surface area (Å²) in [5.41, 5.74) is 0.115. The van der Waals surface area contributed by atoms with Gasteiger partial charge < -0.3 is 14.2 Å². The first-order chi connectivity index (χ1) is 9.74. The van der Waals surface area contributed by atoms with E-state index in [1.165, 1.54) is 20.4 Å². The van der Waals surface area contributed by atoms with Crippen molar-refractivity contribution in [2.24, 2.45) is 0 Å². The van der Waals surface area contributed by atoms with Gasteiger partial charge in [-0.25, -0.2) is 4.98 Å². The molecule has 0 radical (unpaired) electrons. The first-order valence-corrected chi connectivity index (χ1v) is 5.90. The van der Waals surface area contributed by atoms with Gasteiger partial charge in [0.25, 0.3) is 0 Å². The van der Waals surface area contributed by atoms with Gasteiger partial charge in [0.1, 0.15) is 5.75 Å². The predicted octanol–water partition coefficient (Wildman–Crippen LogP) is 1.76. The molecular formula is C14H14N2O4. The quantitative estimate of drug-likeness (QED) is 0.747. The highest BCUT2D eigenvalue weighted by molar-refractivity contribution is 5.97. The van der Waals surface area contributed by atoms with Crippen LogP contribution >= 0.6 is 0 Å². The van der Waals surface area contributed by atoms with Gasteiger partial charge in [0.05, 0.1) is 20.4 Å². The number of ketones is 1. The summed E-state index contributed by atoms with van der Waals surface area (Å²) in [6.45, 7) is -0.138. The van der Waals surface area contributed by atoms with E-state index < -0.39 is 0 Å². The highest BCUT2D eigenvalue weighted by atomic mass is 16.5. The third-order valence-corrected chi connectivity index (χ3v) is 2.50. The molecule has 0 aliphatic carbocycles. The third-order valence-electron chi connectivity index (χ3n) is 2.50. The van der Waals surface area contributed by atoms with E-state index in [4.69, 9.17) is 14.2 Å². The maximum atomic E-state index is 12.0. The van der Waals surface area contributed by atoms with Crippen LogP contribution in [0.15, 0.2) is 36.5 Å². The summed E-state index contributed by atoms with van der Waals surface area (Å²) >= 11 is 0. The van der Waals surface area contributed by atoms with Crippen LogP contribution in [-0.2, 0) is 0 Å². The van der Waals surface area contributed by atoms with E-state index in [0.29, 0.717) is 5.75 Å². The van der Waals surface area contributed by atoms with Gasteiger partial charge in [-0.15, -0.1) is 0 Å².